The number of carbonyl (C=O) groups excluding carboxylic acids is 1. The largest absolute Gasteiger partial charge is 0.321 e. The number of non-ortho nitro benzene ring substituents is 1. The molecular formula is C15H9ClN2O3. The first-order valence-corrected chi connectivity index (χ1v) is 6.50. The lowest BCUT2D eigenvalue weighted by atomic mass is 10.0. The first kappa shape index (κ1) is 13.3. The van der Waals surface area contributed by atoms with Crippen molar-refractivity contribution < 1.29 is 9.72 Å². The van der Waals surface area contributed by atoms with E-state index in [-0.39, 0.29) is 11.6 Å². The summed E-state index contributed by atoms with van der Waals surface area (Å²) in [6.07, 6.45) is 1.57. The number of hydrogen-bond donors (Lipinski definition) is 1. The molecule has 0 aliphatic carbocycles. The number of carbonyl (C=O) groups is 1. The number of amides is 1. The van der Waals surface area contributed by atoms with Crippen molar-refractivity contribution in [3.63, 3.8) is 0 Å². The molecule has 3 rings (SSSR count). The van der Waals surface area contributed by atoms with Gasteiger partial charge in [-0.2, -0.15) is 0 Å². The summed E-state index contributed by atoms with van der Waals surface area (Å²) in [5.41, 5.74) is 2.28. The van der Waals surface area contributed by atoms with Gasteiger partial charge in [0.25, 0.3) is 11.6 Å². The summed E-state index contributed by atoms with van der Waals surface area (Å²) >= 11 is 6.06. The SMILES string of the molecule is O=C1Nc2ccccc2/C1=C/c1cc([N+](=O)[O-])ccc1Cl. The van der Waals surface area contributed by atoms with Gasteiger partial charge in [-0.3, -0.25) is 14.9 Å². The Morgan fingerprint density at radius 2 is 1.95 bits per heavy atom. The average Bonchev–Trinajstić information content (AvgIpc) is 2.77. The zero-order chi connectivity index (χ0) is 15.0. The number of nitro groups is 1. The van der Waals surface area contributed by atoms with Crippen molar-refractivity contribution >= 4 is 40.5 Å². The number of anilines is 1. The quantitative estimate of drug-likeness (QED) is 0.521. The van der Waals surface area contributed by atoms with Crippen LogP contribution in [0.3, 0.4) is 0 Å². The summed E-state index contributed by atoms with van der Waals surface area (Å²) in [4.78, 5) is 22.3. The summed E-state index contributed by atoms with van der Waals surface area (Å²) in [5, 5.41) is 13.9. The fourth-order valence-electron chi connectivity index (χ4n) is 2.19. The lowest BCUT2D eigenvalue weighted by molar-refractivity contribution is -0.384. The van der Waals surface area contributed by atoms with Gasteiger partial charge in [0, 0.05) is 39.5 Å². The van der Waals surface area contributed by atoms with Crippen molar-refractivity contribution in [1.29, 1.82) is 0 Å². The first-order valence-electron chi connectivity index (χ1n) is 6.12. The number of fused-ring (bicyclic) bond motifs is 1. The summed E-state index contributed by atoms with van der Waals surface area (Å²) < 4.78 is 0. The van der Waals surface area contributed by atoms with Crippen LogP contribution in [0.2, 0.25) is 5.02 Å². The highest BCUT2D eigenvalue weighted by Crippen LogP contribution is 2.34. The minimum absolute atomic E-state index is 0.0714. The Kier molecular flexibility index (Phi) is 3.19. The van der Waals surface area contributed by atoms with Crippen LogP contribution >= 0.6 is 11.6 Å². The number of nitrogens with zero attached hydrogens (tertiary/aromatic N) is 1. The molecule has 6 heteroatoms. The van der Waals surface area contributed by atoms with Gasteiger partial charge in [-0.05, 0) is 18.2 Å². The minimum atomic E-state index is -0.499. The molecule has 0 radical (unpaired) electrons. The van der Waals surface area contributed by atoms with E-state index < -0.39 is 4.92 Å². The second-order valence-corrected chi connectivity index (χ2v) is 4.93. The van der Waals surface area contributed by atoms with Crippen LogP contribution in [0.15, 0.2) is 42.5 Å². The normalized spacial score (nSPS) is 14.9. The molecule has 21 heavy (non-hydrogen) atoms. The molecule has 1 aliphatic rings. The highest BCUT2D eigenvalue weighted by molar-refractivity contribution is 6.37. The van der Waals surface area contributed by atoms with Crippen molar-refractivity contribution in [2.75, 3.05) is 5.32 Å². The Hall–Kier alpha value is -2.66. The number of nitrogens with one attached hydrogen (secondary N) is 1. The van der Waals surface area contributed by atoms with Crippen LogP contribution in [0.25, 0.3) is 11.6 Å². The van der Waals surface area contributed by atoms with Crippen molar-refractivity contribution in [2.45, 2.75) is 0 Å². The van der Waals surface area contributed by atoms with E-state index in [1.54, 1.807) is 12.1 Å². The van der Waals surface area contributed by atoms with Gasteiger partial charge in [-0.25, -0.2) is 0 Å². The Labute approximate surface area is 125 Å². The Bertz CT molecular complexity index is 799. The first-order chi connectivity index (χ1) is 10.1. The van der Waals surface area contributed by atoms with Crippen LogP contribution in [0, 0.1) is 10.1 Å². The number of para-hydroxylation sites is 1. The molecule has 1 amide bonds. The third-order valence-corrected chi connectivity index (χ3v) is 3.54. The molecule has 2 aromatic rings. The molecule has 1 N–H and O–H groups in total. The number of hydrogen-bond acceptors (Lipinski definition) is 3. The van der Waals surface area contributed by atoms with Gasteiger partial charge in [0.2, 0.25) is 0 Å². The van der Waals surface area contributed by atoms with Gasteiger partial charge in [0.15, 0.2) is 0 Å². The van der Waals surface area contributed by atoms with Gasteiger partial charge >= 0.3 is 0 Å². The smallest absolute Gasteiger partial charge is 0.270 e. The maximum absolute atomic E-state index is 12.0. The second-order valence-electron chi connectivity index (χ2n) is 4.52. The van der Waals surface area contributed by atoms with Gasteiger partial charge in [-0.15, -0.1) is 0 Å². The Morgan fingerprint density at radius 1 is 1.19 bits per heavy atom. The summed E-state index contributed by atoms with van der Waals surface area (Å²) in [6.45, 7) is 0. The monoisotopic (exact) mass is 300 g/mol. The zero-order valence-corrected chi connectivity index (χ0v) is 11.4. The van der Waals surface area contributed by atoms with E-state index in [1.807, 2.05) is 18.2 Å². The Morgan fingerprint density at radius 3 is 2.71 bits per heavy atom. The van der Waals surface area contributed by atoms with E-state index in [1.165, 1.54) is 18.2 Å². The van der Waals surface area contributed by atoms with Crippen LogP contribution in [0.4, 0.5) is 11.4 Å². The van der Waals surface area contributed by atoms with Crippen molar-refractivity contribution in [3.05, 3.63) is 68.7 Å². The highest BCUT2D eigenvalue weighted by Gasteiger charge is 2.23. The molecule has 0 saturated carbocycles. The molecule has 0 unspecified atom stereocenters. The van der Waals surface area contributed by atoms with Gasteiger partial charge in [-0.1, -0.05) is 29.8 Å². The van der Waals surface area contributed by atoms with Gasteiger partial charge in [0.1, 0.15) is 0 Å². The molecule has 0 atom stereocenters. The van der Waals surface area contributed by atoms with E-state index in [2.05, 4.69) is 5.32 Å². The number of benzene rings is 2. The zero-order valence-electron chi connectivity index (χ0n) is 10.7. The van der Waals surface area contributed by atoms with Crippen LogP contribution < -0.4 is 5.32 Å². The lowest BCUT2D eigenvalue weighted by Gasteiger charge is -2.01. The predicted molar refractivity (Wildman–Crippen MR) is 81.0 cm³/mol. The molecule has 5 nitrogen and oxygen atoms in total. The molecular weight excluding hydrogens is 292 g/mol. The maximum Gasteiger partial charge on any atom is 0.270 e. The van der Waals surface area contributed by atoms with Crippen molar-refractivity contribution in [1.82, 2.24) is 0 Å². The van der Waals surface area contributed by atoms with E-state index in [4.69, 9.17) is 11.6 Å². The average molecular weight is 301 g/mol. The number of rotatable bonds is 2. The maximum atomic E-state index is 12.0. The van der Waals surface area contributed by atoms with E-state index in [0.717, 1.165) is 11.3 Å². The molecule has 0 saturated heterocycles. The van der Waals surface area contributed by atoms with Crippen molar-refractivity contribution in [2.24, 2.45) is 0 Å². The third-order valence-electron chi connectivity index (χ3n) is 3.20. The molecule has 104 valence electrons. The fraction of sp³-hybridized carbons (Fsp3) is 0. The molecule has 2 aromatic carbocycles. The number of nitro benzene ring substituents is 1. The predicted octanol–water partition coefficient (Wildman–Crippen LogP) is 3.74. The van der Waals surface area contributed by atoms with Crippen LogP contribution in [-0.2, 0) is 4.79 Å². The van der Waals surface area contributed by atoms with E-state index >= 15 is 0 Å². The molecule has 1 heterocycles. The summed E-state index contributed by atoms with van der Waals surface area (Å²) in [6, 6.07) is 11.4. The molecule has 0 spiro atoms. The Balaban J connectivity index is 2.12. The topological polar surface area (TPSA) is 72.2 Å². The fourth-order valence-corrected chi connectivity index (χ4v) is 2.37. The van der Waals surface area contributed by atoms with Crippen molar-refractivity contribution in [3.8, 4) is 0 Å². The van der Waals surface area contributed by atoms with E-state index in [9.17, 15) is 14.9 Å². The standard InChI is InChI=1S/C15H9ClN2O3/c16-13-6-5-10(18(20)21)7-9(13)8-12-11-3-1-2-4-14(11)17-15(12)19/h1-8H,(H,17,19)/b12-8-. The molecule has 0 fully saturated rings. The highest BCUT2D eigenvalue weighted by atomic mass is 35.5. The van der Waals surface area contributed by atoms with Crippen LogP contribution in [0.5, 0.6) is 0 Å². The van der Waals surface area contributed by atoms with Gasteiger partial charge < -0.3 is 5.32 Å². The van der Waals surface area contributed by atoms with Gasteiger partial charge in [0.05, 0.1) is 4.92 Å². The van der Waals surface area contributed by atoms with Crippen LogP contribution in [-0.4, -0.2) is 10.8 Å². The summed E-state index contributed by atoms with van der Waals surface area (Å²) in [7, 11) is 0. The summed E-state index contributed by atoms with van der Waals surface area (Å²) in [5.74, 6) is -0.251. The molecule has 1 aliphatic heterocycles. The van der Waals surface area contributed by atoms with Crippen LogP contribution in [0.1, 0.15) is 11.1 Å². The molecule has 0 bridgehead atoms. The second kappa shape index (κ2) is 5.03. The molecule has 0 aromatic heterocycles. The minimum Gasteiger partial charge on any atom is -0.321 e. The number of halogens is 1. The lowest BCUT2D eigenvalue weighted by Crippen LogP contribution is -2.03. The van der Waals surface area contributed by atoms with E-state index in [0.29, 0.717) is 16.2 Å². The third kappa shape index (κ3) is 2.39.